The zero-order chi connectivity index (χ0) is 10.7. The lowest BCUT2D eigenvalue weighted by Crippen LogP contribution is -1.94. The van der Waals surface area contributed by atoms with Crippen molar-refractivity contribution in [3.8, 4) is 11.5 Å². The van der Waals surface area contributed by atoms with E-state index >= 15 is 0 Å². The highest BCUT2D eigenvalue weighted by atomic mass is 79.9. The molecule has 0 saturated carbocycles. The fraction of sp³-hybridized carbons (Fsp3) is 0.167. The number of alkyl halides is 1. The summed E-state index contributed by atoms with van der Waals surface area (Å²) >= 11 is 3.24. The molecule has 0 bridgehead atoms. The van der Waals surface area contributed by atoms with Crippen molar-refractivity contribution >= 4 is 26.7 Å². The average molecular weight is 267 g/mol. The average Bonchev–Trinajstić information content (AvgIpc) is 2.29. The standard InChI is InChI=1S/C12H11BrO2/c1-14-12-10-5-3-2-4-9(10)6-7-11(12)15-8-13/h2-7H,8H2,1H3. The molecule has 0 fully saturated rings. The van der Waals surface area contributed by atoms with Gasteiger partial charge in [0.2, 0.25) is 0 Å². The van der Waals surface area contributed by atoms with E-state index in [0.29, 0.717) is 5.52 Å². The molecular formula is C12H11BrO2. The topological polar surface area (TPSA) is 18.5 Å². The molecule has 0 atom stereocenters. The van der Waals surface area contributed by atoms with E-state index in [1.165, 1.54) is 0 Å². The van der Waals surface area contributed by atoms with Gasteiger partial charge in [0.05, 0.1) is 7.11 Å². The van der Waals surface area contributed by atoms with Crippen LogP contribution in [0.4, 0.5) is 0 Å². The third-order valence-corrected chi connectivity index (χ3v) is 2.49. The molecule has 0 radical (unpaired) electrons. The molecule has 2 nitrogen and oxygen atoms in total. The van der Waals surface area contributed by atoms with Gasteiger partial charge in [-0.1, -0.05) is 30.3 Å². The quantitative estimate of drug-likeness (QED) is 0.791. The second-order valence-corrected chi connectivity index (χ2v) is 3.53. The predicted octanol–water partition coefficient (Wildman–Crippen LogP) is 3.58. The van der Waals surface area contributed by atoms with E-state index in [1.807, 2.05) is 30.3 Å². The van der Waals surface area contributed by atoms with Crippen molar-refractivity contribution in [2.45, 2.75) is 0 Å². The first-order valence-electron chi connectivity index (χ1n) is 4.61. The summed E-state index contributed by atoms with van der Waals surface area (Å²) in [6.45, 7) is 0. The Morgan fingerprint density at radius 3 is 2.67 bits per heavy atom. The largest absolute Gasteiger partial charge is 0.492 e. The monoisotopic (exact) mass is 266 g/mol. The molecular weight excluding hydrogens is 256 g/mol. The number of hydrogen-bond acceptors (Lipinski definition) is 2. The maximum atomic E-state index is 5.43. The van der Waals surface area contributed by atoms with Gasteiger partial charge in [-0.2, -0.15) is 0 Å². The van der Waals surface area contributed by atoms with Gasteiger partial charge in [0, 0.05) is 5.39 Å². The van der Waals surface area contributed by atoms with Crippen molar-refractivity contribution in [2.24, 2.45) is 0 Å². The molecule has 15 heavy (non-hydrogen) atoms. The number of halogens is 1. The van der Waals surface area contributed by atoms with Crippen LogP contribution in [0.15, 0.2) is 36.4 Å². The summed E-state index contributed by atoms with van der Waals surface area (Å²) in [7, 11) is 1.66. The van der Waals surface area contributed by atoms with Gasteiger partial charge in [-0.05, 0) is 27.4 Å². The zero-order valence-corrected chi connectivity index (χ0v) is 9.95. The molecule has 2 rings (SSSR count). The summed E-state index contributed by atoms with van der Waals surface area (Å²) in [6, 6.07) is 12.0. The Labute approximate surface area is 96.9 Å². The number of fused-ring (bicyclic) bond motifs is 1. The normalized spacial score (nSPS) is 10.3. The molecule has 0 aromatic heterocycles. The summed E-state index contributed by atoms with van der Waals surface area (Å²) < 4.78 is 10.8. The van der Waals surface area contributed by atoms with Crippen molar-refractivity contribution in [2.75, 3.05) is 12.6 Å². The summed E-state index contributed by atoms with van der Waals surface area (Å²) in [5.41, 5.74) is 0.460. The van der Waals surface area contributed by atoms with Gasteiger partial charge in [0.15, 0.2) is 11.5 Å². The lowest BCUT2D eigenvalue weighted by molar-refractivity contribution is 0.350. The minimum Gasteiger partial charge on any atom is -0.492 e. The molecule has 0 spiro atoms. The van der Waals surface area contributed by atoms with E-state index in [2.05, 4.69) is 22.0 Å². The van der Waals surface area contributed by atoms with Crippen LogP contribution < -0.4 is 9.47 Å². The lowest BCUT2D eigenvalue weighted by Gasteiger charge is -2.11. The number of benzene rings is 2. The fourth-order valence-corrected chi connectivity index (χ4v) is 1.85. The van der Waals surface area contributed by atoms with E-state index in [4.69, 9.17) is 9.47 Å². The molecule has 3 heteroatoms. The highest BCUT2D eigenvalue weighted by Crippen LogP contribution is 2.35. The number of methoxy groups -OCH3 is 1. The van der Waals surface area contributed by atoms with Crippen LogP contribution in [0.3, 0.4) is 0 Å². The smallest absolute Gasteiger partial charge is 0.168 e. The van der Waals surface area contributed by atoms with E-state index in [0.717, 1.165) is 22.3 Å². The molecule has 0 aliphatic rings. The first-order chi connectivity index (χ1) is 7.36. The highest BCUT2D eigenvalue weighted by molar-refractivity contribution is 9.09. The Bertz CT molecular complexity index is 468. The number of hydrogen-bond donors (Lipinski definition) is 0. The minimum absolute atomic E-state index is 0.460. The van der Waals surface area contributed by atoms with E-state index < -0.39 is 0 Å². The van der Waals surface area contributed by atoms with Crippen molar-refractivity contribution in [1.82, 2.24) is 0 Å². The Morgan fingerprint density at radius 2 is 1.93 bits per heavy atom. The Balaban J connectivity index is 2.64. The van der Waals surface area contributed by atoms with Gasteiger partial charge in [-0.3, -0.25) is 0 Å². The van der Waals surface area contributed by atoms with Gasteiger partial charge >= 0.3 is 0 Å². The van der Waals surface area contributed by atoms with Crippen molar-refractivity contribution < 1.29 is 9.47 Å². The van der Waals surface area contributed by atoms with Gasteiger partial charge in [-0.25, -0.2) is 0 Å². The molecule has 0 N–H and O–H groups in total. The Morgan fingerprint density at radius 1 is 1.13 bits per heavy atom. The molecule has 2 aromatic rings. The van der Waals surface area contributed by atoms with Crippen LogP contribution in [-0.2, 0) is 0 Å². The molecule has 0 heterocycles. The van der Waals surface area contributed by atoms with Gasteiger partial charge < -0.3 is 9.47 Å². The molecule has 0 saturated heterocycles. The number of rotatable bonds is 3. The SMILES string of the molecule is COc1c(OCBr)ccc2ccccc12. The first kappa shape index (κ1) is 10.3. The summed E-state index contributed by atoms with van der Waals surface area (Å²) in [4.78, 5) is 0. The highest BCUT2D eigenvalue weighted by Gasteiger charge is 2.07. The minimum atomic E-state index is 0.460. The van der Waals surface area contributed by atoms with E-state index in [-0.39, 0.29) is 0 Å². The summed E-state index contributed by atoms with van der Waals surface area (Å²) in [5, 5.41) is 2.22. The predicted molar refractivity (Wildman–Crippen MR) is 64.9 cm³/mol. The maximum absolute atomic E-state index is 5.43. The third-order valence-electron chi connectivity index (χ3n) is 2.26. The summed E-state index contributed by atoms with van der Waals surface area (Å²) in [5.74, 6) is 1.54. The second kappa shape index (κ2) is 4.53. The molecule has 78 valence electrons. The fourth-order valence-electron chi connectivity index (χ4n) is 1.61. The first-order valence-corrected chi connectivity index (χ1v) is 5.73. The zero-order valence-electron chi connectivity index (χ0n) is 8.37. The van der Waals surface area contributed by atoms with Crippen molar-refractivity contribution in [3.05, 3.63) is 36.4 Å². The van der Waals surface area contributed by atoms with Gasteiger partial charge in [0.25, 0.3) is 0 Å². The number of ether oxygens (including phenoxy) is 2. The van der Waals surface area contributed by atoms with Crippen LogP contribution in [-0.4, -0.2) is 12.6 Å². The van der Waals surface area contributed by atoms with Crippen LogP contribution in [0.5, 0.6) is 11.5 Å². The Kier molecular flexibility index (Phi) is 3.11. The third kappa shape index (κ3) is 1.92. The van der Waals surface area contributed by atoms with Crippen molar-refractivity contribution in [3.63, 3.8) is 0 Å². The van der Waals surface area contributed by atoms with E-state index in [9.17, 15) is 0 Å². The van der Waals surface area contributed by atoms with Crippen LogP contribution >= 0.6 is 15.9 Å². The van der Waals surface area contributed by atoms with Gasteiger partial charge in [-0.15, -0.1) is 0 Å². The van der Waals surface area contributed by atoms with Crippen LogP contribution in [0.1, 0.15) is 0 Å². The van der Waals surface area contributed by atoms with Gasteiger partial charge in [0.1, 0.15) is 5.52 Å². The molecule has 0 aliphatic heterocycles. The molecule has 0 aliphatic carbocycles. The molecule has 2 aromatic carbocycles. The molecule has 0 unspecified atom stereocenters. The summed E-state index contributed by atoms with van der Waals surface area (Å²) in [6.07, 6.45) is 0. The van der Waals surface area contributed by atoms with Crippen LogP contribution in [0.25, 0.3) is 10.8 Å². The van der Waals surface area contributed by atoms with Crippen LogP contribution in [0.2, 0.25) is 0 Å². The Hall–Kier alpha value is -1.22. The maximum Gasteiger partial charge on any atom is 0.168 e. The lowest BCUT2D eigenvalue weighted by atomic mass is 10.1. The second-order valence-electron chi connectivity index (χ2n) is 3.07. The van der Waals surface area contributed by atoms with Crippen LogP contribution in [0, 0.1) is 0 Å². The van der Waals surface area contributed by atoms with E-state index in [1.54, 1.807) is 7.11 Å². The molecule has 0 amide bonds. The van der Waals surface area contributed by atoms with Crippen molar-refractivity contribution in [1.29, 1.82) is 0 Å².